The molecule has 16 heavy (non-hydrogen) atoms. The Hall–Kier alpha value is -1.50. The summed E-state index contributed by atoms with van der Waals surface area (Å²) >= 11 is 1.54. The molecule has 1 atom stereocenters. The van der Waals surface area contributed by atoms with E-state index in [0.717, 1.165) is 10.4 Å². The number of ether oxygens (including phenoxy) is 1. The molecule has 0 amide bonds. The Balaban J connectivity index is 2.33. The summed E-state index contributed by atoms with van der Waals surface area (Å²) in [4.78, 5) is 9.17. The third-order valence-corrected chi connectivity index (χ3v) is 3.05. The van der Waals surface area contributed by atoms with Crippen molar-refractivity contribution in [3.8, 4) is 5.75 Å². The molecule has 0 spiro atoms. The third-order valence-electron chi connectivity index (χ3n) is 2.21. The van der Waals surface area contributed by atoms with Gasteiger partial charge in [0.1, 0.15) is 5.75 Å². The molecule has 0 aromatic carbocycles. The second kappa shape index (κ2) is 5.02. The third kappa shape index (κ3) is 2.19. The van der Waals surface area contributed by atoms with Crippen LogP contribution >= 0.6 is 11.3 Å². The van der Waals surface area contributed by atoms with Crippen LogP contribution in [0.2, 0.25) is 0 Å². The molecule has 3 N–H and O–H groups in total. The minimum Gasteiger partial charge on any atom is -0.495 e. The highest BCUT2D eigenvalue weighted by Crippen LogP contribution is 2.25. The molecule has 0 fully saturated rings. The average Bonchev–Trinajstić information content (AvgIpc) is 2.84. The average molecular weight is 236 g/mol. The number of hydrogen-bond donors (Lipinski definition) is 2. The number of nitrogens with zero attached hydrogens (tertiary/aromatic N) is 2. The Morgan fingerprint density at radius 3 is 2.88 bits per heavy atom. The van der Waals surface area contributed by atoms with Crippen molar-refractivity contribution in [1.82, 2.24) is 15.4 Å². The van der Waals surface area contributed by atoms with E-state index in [1.807, 2.05) is 6.07 Å². The number of methoxy groups -OCH3 is 1. The lowest BCUT2D eigenvalue weighted by Crippen LogP contribution is -2.28. The van der Waals surface area contributed by atoms with Gasteiger partial charge in [-0.15, -0.1) is 11.3 Å². The SMILES string of the molecule is COc1cncc(C(NN)c2cncs2)c1. The van der Waals surface area contributed by atoms with Gasteiger partial charge in [0.15, 0.2) is 0 Å². The van der Waals surface area contributed by atoms with Crippen molar-refractivity contribution in [1.29, 1.82) is 0 Å². The molecule has 0 bridgehead atoms. The number of nitrogens with two attached hydrogens (primary N) is 1. The number of rotatable bonds is 4. The molecule has 2 aromatic rings. The van der Waals surface area contributed by atoms with E-state index in [4.69, 9.17) is 10.6 Å². The maximum atomic E-state index is 5.55. The molecule has 0 saturated carbocycles. The summed E-state index contributed by atoms with van der Waals surface area (Å²) < 4.78 is 5.12. The van der Waals surface area contributed by atoms with Crippen LogP contribution in [-0.4, -0.2) is 17.1 Å². The van der Waals surface area contributed by atoms with Gasteiger partial charge in [0.05, 0.1) is 24.9 Å². The predicted molar refractivity (Wildman–Crippen MR) is 62.1 cm³/mol. The van der Waals surface area contributed by atoms with Gasteiger partial charge in [-0.3, -0.25) is 15.8 Å². The van der Waals surface area contributed by atoms with Crippen molar-refractivity contribution in [2.75, 3.05) is 7.11 Å². The largest absolute Gasteiger partial charge is 0.495 e. The lowest BCUT2D eigenvalue weighted by molar-refractivity contribution is 0.411. The zero-order valence-corrected chi connectivity index (χ0v) is 9.57. The summed E-state index contributed by atoms with van der Waals surface area (Å²) in [5, 5.41) is 0. The first-order valence-corrected chi connectivity index (χ1v) is 5.56. The number of thiazole rings is 1. The molecule has 0 radical (unpaired) electrons. The van der Waals surface area contributed by atoms with E-state index in [-0.39, 0.29) is 6.04 Å². The molecule has 5 nitrogen and oxygen atoms in total. The van der Waals surface area contributed by atoms with Crippen LogP contribution in [0, 0.1) is 0 Å². The molecule has 0 aliphatic heterocycles. The van der Waals surface area contributed by atoms with Crippen LogP contribution in [0.1, 0.15) is 16.5 Å². The van der Waals surface area contributed by atoms with Crippen molar-refractivity contribution in [2.45, 2.75) is 6.04 Å². The minimum absolute atomic E-state index is 0.102. The molecule has 0 aliphatic rings. The molecular weight excluding hydrogens is 224 g/mol. The lowest BCUT2D eigenvalue weighted by Gasteiger charge is -2.14. The maximum absolute atomic E-state index is 5.55. The van der Waals surface area contributed by atoms with Crippen LogP contribution in [0.4, 0.5) is 0 Å². The van der Waals surface area contributed by atoms with Gasteiger partial charge in [0.2, 0.25) is 0 Å². The monoisotopic (exact) mass is 236 g/mol. The van der Waals surface area contributed by atoms with E-state index in [2.05, 4.69) is 15.4 Å². The normalized spacial score (nSPS) is 12.4. The smallest absolute Gasteiger partial charge is 0.137 e. The molecule has 0 saturated heterocycles. The summed E-state index contributed by atoms with van der Waals surface area (Å²) in [5.74, 6) is 6.26. The highest BCUT2D eigenvalue weighted by molar-refractivity contribution is 7.09. The summed E-state index contributed by atoms with van der Waals surface area (Å²) in [6.45, 7) is 0. The fourth-order valence-electron chi connectivity index (χ4n) is 1.42. The summed E-state index contributed by atoms with van der Waals surface area (Å²) in [7, 11) is 1.61. The van der Waals surface area contributed by atoms with E-state index in [1.165, 1.54) is 0 Å². The summed E-state index contributed by atoms with van der Waals surface area (Å²) in [5.41, 5.74) is 5.47. The first-order valence-electron chi connectivity index (χ1n) is 4.68. The Bertz CT molecular complexity index is 446. The minimum atomic E-state index is -0.102. The van der Waals surface area contributed by atoms with Crippen LogP contribution < -0.4 is 16.0 Å². The van der Waals surface area contributed by atoms with Gasteiger partial charge in [-0.05, 0) is 11.6 Å². The molecule has 2 heterocycles. The zero-order chi connectivity index (χ0) is 11.4. The molecule has 0 aliphatic carbocycles. The van der Waals surface area contributed by atoms with E-state index in [1.54, 1.807) is 42.5 Å². The van der Waals surface area contributed by atoms with E-state index < -0.39 is 0 Å². The fourth-order valence-corrected chi connectivity index (χ4v) is 2.12. The van der Waals surface area contributed by atoms with Crippen LogP contribution in [0.5, 0.6) is 5.75 Å². The lowest BCUT2D eigenvalue weighted by atomic mass is 10.1. The van der Waals surface area contributed by atoms with E-state index in [0.29, 0.717) is 5.75 Å². The number of aromatic nitrogens is 2. The van der Waals surface area contributed by atoms with Gasteiger partial charge in [-0.2, -0.15) is 0 Å². The Morgan fingerprint density at radius 2 is 2.25 bits per heavy atom. The predicted octanol–water partition coefficient (Wildman–Crippen LogP) is 1.10. The Kier molecular flexibility index (Phi) is 3.45. The molecule has 1 unspecified atom stereocenters. The fraction of sp³-hybridized carbons (Fsp3) is 0.200. The number of nitrogens with one attached hydrogen (secondary N) is 1. The molecule has 6 heteroatoms. The van der Waals surface area contributed by atoms with Crippen LogP contribution in [0.3, 0.4) is 0 Å². The van der Waals surface area contributed by atoms with Crippen molar-refractivity contribution in [3.05, 3.63) is 40.6 Å². The van der Waals surface area contributed by atoms with Gasteiger partial charge in [0, 0.05) is 17.3 Å². The van der Waals surface area contributed by atoms with Crippen molar-refractivity contribution in [2.24, 2.45) is 5.84 Å². The molecule has 84 valence electrons. The van der Waals surface area contributed by atoms with E-state index >= 15 is 0 Å². The summed E-state index contributed by atoms with van der Waals surface area (Å²) in [6, 6.07) is 1.80. The van der Waals surface area contributed by atoms with Crippen LogP contribution in [0.15, 0.2) is 30.2 Å². The van der Waals surface area contributed by atoms with Gasteiger partial charge in [-0.25, -0.2) is 5.43 Å². The van der Waals surface area contributed by atoms with E-state index in [9.17, 15) is 0 Å². The van der Waals surface area contributed by atoms with Gasteiger partial charge in [0.25, 0.3) is 0 Å². The maximum Gasteiger partial charge on any atom is 0.137 e. The Labute approximate surface area is 97.3 Å². The molecule has 2 rings (SSSR count). The quantitative estimate of drug-likeness (QED) is 0.614. The zero-order valence-electron chi connectivity index (χ0n) is 8.75. The molecule has 2 aromatic heterocycles. The topological polar surface area (TPSA) is 73.1 Å². The Morgan fingerprint density at radius 1 is 1.38 bits per heavy atom. The molecular formula is C10H12N4OS. The number of hydrogen-bond acceptors (Lipinski definition) is 6. The highest BCUT2D eigenvalue weighted by atomic mass is 32.1. The van der Waals surface area contributed by atoms with Crippen LogP contribution in [-0.2, 0) is 0 Å². The second-order valence-electron chi connectivity index (χ2n) is 3.16. The van der Waals surface area contributed by atoms with Crippen molar-refractivity contribution >= 4 is 11.3 Å². The van der Waals surface area contributed by atoms with Crippen LogP contribution in [0.25, 0.3) is 0 Å². The number of hydrazine groups is 1. The van der Waals surface area contributed by atoms with Gasteiger partial charge < -0.3 is 4.74 Å². The highest BCUT2D eigenvalue weighted by Gasteiger charge is 2.14. The second-order valence-corrected chi connectivity index (χ2v) is 4.08. The van der Waals surface area contributed by atoms with Crippen molar-refractivity contribution < 1.29 is 4.74 Å². The number of pyridine rings is 1. The van der Waals surface area contributed by atoms with Crippen molar-refractivity contribution in [3.63, 3.8) is 0 Å². The standard InChI is InChI=1S/C10H12N4OS/c1-15-8-2-7(3-12-4-8)10(14-11)9-5-13-6-16-9/h2-6,10,14H,11H2,1H3. The first kappa shape index (κ1) is 11.0. The summed E-state index contributed by atoms with van der Waals surface area (Å²) in [6.07, 6.45) is 5.20. The van der Waals surface area contributed by atoms with Gasteiger partial charge in [-0.1, -0.05) is 0 Å². The first-order chi connectivity index (χ1) is 7.85. The van der Waals surface area contributed by atoms with Gasteiger partial charge >= 0.3 is 0 Å².